The Morgan fingerprint density at radius 1 is 1.35 bits per heavy atom. The highest BCUT2D eigenvalue weighted by atomic mass is 32.2. The first kappa shape index (κ1) is 15.4. The van der Waals surface area contributed by atoms with Crippen molar-refractivity contribution in [2.75, 3.05) is 25.1 Å². The third kappa shape index (κ3) is 4.25. The van der Waals surface area contributed by atoms with Gasteiger partial charge in [-0.05, 0) is 36.1 Å². The van der Waals surface area contributed by atoms with Gasteiger partial charge in [0.2, 0.25) is 5.91 Å². The van der Waals surface area contributed by atoms with Gasteiger partial charge < -0.3 is 10.0 Å². The van der Waals surface area contributed by atoms with E-state index in [4.69, 9.17) is 5.11 Å². The second kappa shape index (κ2) is 7.70. The lowest BCUT2D eigenvalue weighted by Crippen LogP contribution is -2.29. The topological polar surface area (TPSA) is 40.5 Å². The fourth-order valence-corrected chi connectivity index (χ4v) is 3.07. The summed E-state index contributed by atoms with van der Waals surface area (Å²) in [6.45, 7) is 1.91. The zero-order valence-electron chi connectivity index (χ0n) is 12.0. The maximum absolute atomic E-state index is 12.0. The predicted molar refractivity (Wildman–Crippen MR) is 83.8 cm³/mol. The van der Waals surface area contributed by atoms with Crippen LogP contribution in [0.4, 0.5) is 0 Å². The second-order valence-corrected chi connectivity index (χ2v) is 6.40. The lowest BCUT2D eigenvalue weighted by Gasteiger charge is -2.16. The van der Waals surface area contributed by atoms with Gasteiger partial charge >= 0.3 is 0 Å². The summed E-state index contributed by atoms with van der Waals surface area (Å²) in [4.78, 5) is 14.0. The number of aliphatic hydroxyl groups is 1. The maximum atomic E-state index is 12.0. The summed E-state index contributed by atoms with van der Waals surface area (Å²) in [6.07, 6.45) is 4.83. The van der Waals surface area contributed by atoms with Crippen molar-refractivity contribution in [3.63, 3.8) is 0 Å². The smallest absolute Gasteiger partial charge is 0.223 e. The van der Waals surface area contributed by atoms with Crippen LogP contribution < -0.4 is 0 Å². The van der Waals surface area contributed by atoms with Gasteiger partial charge in [0.15, 0.2) is 0 Å². The number of carbonyl (C=O) groups is 1. The molecule has 1 aliphatic rings. The average molecular weight is 293 g/mol. The van der Waals surface area contributed by atoms with Crippen LogP contribution in [-0.4, -0.2) is 41.0 Å². The van der Waals surface area contributed by atoms with E-state index in [1.54, 1.807) is 11.8 Å². The molecule has 1 atom stereocenters. The molecular formula is C16H23NO2S. The normalized spacial score (nSPS) is 18.5. The van der Waals surface area contributed by atoms with Crippen molar-refractivity contribution in [1.29, 1.82) is 0 Å². The quantitative estimate of drug-likeness (QED) is 0.875. The van der Waals surface area contributed by atoms with Crippen LogP contribution in [0.2, 0.25) is 0 Å². The van der Waals surface area contributed by atoms with Gasteiger partial charge in [0.25, 0.3) is 0 Å². The predicted octanol–water partition coefficient (Wildman–Crippen LogP) is 2.32. The molecule has 1 heterocycles. The lowest BCUT2D eigenvalue weighted by molar-refractivity contribution is -0.129. The molecule has 3 nitrogen and oxygen atoms in total. The Morgan fingerprint density at radius 2 is 2.05 bits per heavy atom. The molecule has 0 saturated carbocycles. The highest BCUT2D eigenvalue weighted by Crippen LogP contribution is 2.22. The molecule has 1 fully saturated rings. The molecular weight excluding hydrogens is 270 g/mol. The van der Waals surface area contributed by atoms with E-state index < -0.39 is 0 Å². The Hall–Kier alpha value is -1.00. The first-order chi connectivity index (χ1) is 9.72. The molecule has 0 spiro atoms. The molecule has 20 heavy (non-hydrogen) atoms. The first-order valence-corrected chi connectivity index (χ1v) is 8.57. The number of benzene rings is 1. The van der Waals surface area contributed by atoms with Gasteiger partial charge in [0.05, 0.1) is 6.61 Å². The first-order valence-electron chi connectivity index (χ1n) is 7.18. The van der Waals surface area contributed by atoms with E-state index in [2.05, 4.69) is 12.1 Å². The van der Waals surface area contributed by atoms with Gasteiger partial charge in [-0.25, -0.2) is 0 Å². The summed E-state index contributed by atoms with van der Waals surface area (Å²) in [5, 5.41) is 9.03. The summed E-state index contributed by atoms with van der Waals surface area (Å²) in [6, 6.07) is 8.13. The molecule has 4 heteroatoms. The minimum atomic E-state index is 0.0986. The summed E-state index contributed by atoms with van der Waals surface area (Å²) in [7, 11) is 0. The summed E-state index contributed by atoms with van der Waals surface area (Å²) in [5.41, 5.74) is 2.25. The van der Waals surface area contributed by atoms with Crippen molar-refractivity contribution >= 4 is 17.7 Å². The van der Waals surface area contributed by atoms with E-state index in [1.807, 2.05) is 23.3 Å². The van der Waals surface area contributed by atoms with Crippen LogP contribution >= 0.6 is 11.8 Å². The maximum Gasteiger partial charge on any atom is 0.223 e. The largest absolute Gasteiger partial charge is 0.392 e. The summed E-state index contributed by atoms with van der Waals surface area (Å²) in [5.74, 6) is 1.80. The molecule has 0 aliphatic carbocycles. The number of thioether (sulfide) groups is 1. The number of nitrogens with zero attached hydrogens (tertiary/aromatic N) is 1. The SMILES string of the molecule is CSCCC(=O)N1CC[C@@H](Cc2ccc(CO)cc2)C1. The Bertz CT molecular complexity index is 433. The monoisotopic (exact) mass is 293 g/mol. The Labute approximate surface area is 125 Å². The molecule has 0 unspecified atom stereocenters. The van der Waals surface area contributed by atoms with E-state index >= 15 is 0 Å². The van der Waals surface area contributed by atoms with Crippen LogP contribution in [0.3, 0.4) is 0 Å². The van der Waals surface area contributed by atoms with Gasteiger partial charge in [0.1, 0.15) is 0 Å². The summed E-state index contributed by atoms with van der Waals surface area (Å²) >= 11 is 1.73. The minimum absolute atomic E-state index is 0.0986. The van der Waals surface area contributed by atoms with Crippen LogP contribution in [0.15, 0.2) is 24.3 Å². The number of carbonyl (C=O) groups excluding carboxylic acids is 1. The number of rotatable bonds is 6. The van der Waals surface area contributed by atoms with Gasteiger partial charge in [-0.1, -0.05) is 24.3 Å². The van der Waals surface area contributed by atoms with Crippen LogP contribution in [0.5, 0.6) is 0 Å². The molecule has 0 radical (unpaired) electrons. The van der Waals surface area contributed by atoms with Gasteiger partial charge in [-0.2, -0.15) is 11.8 Å². The van der Waals surface area contributed by atoms with Crippen LogP contribution in [0.1, 0.15) is 24.0 Å². The Balaban J connectivity index is 1.81. The fourth-order valence-electron chi connectivity index (χ4n) is 2.69. The van der Waals surface area contributed by atoms with E-state index in [0.717, 1.165) is 37.2 Å². The van der Waals surface area contributed by atoms with Crippen LogP contribution in [0, 0.1) is 5.92 Å². The molecule has 1 N–H and O–H groups in total. The molecule has 1 aliphatic heterocycles. The molecule has 1 saturated heterocycles. The van der Waals surface area contributed by atoms with Crippen molar-refractivity contribution in [1.82, 2.24) is 4.90 Å². The lowest BCUT2D eigenvalue weighted by atomic mass is 9.98. The van der Waals surface area contributed by atoms with E-state index in [0.29, 0.717) is 18.2 Å². The molecule has 110 valence electrons. The zero-order valence-corrected chi connectivity index (χ0v) is 12.9. The number of hydrogen-bond acceptors (Lipinski definition) is 3. The number of amides is 1. The van der Waals surface area contributed by atoms with E-state index in [1.165, 1.54) is 5.56 Å². The van der Waals surface area contributed by atoms with Crippen molar-refractivity contribution < 1.29 is 9.90 Å². The highest BCUT2D eigenvalue weighted by Gasteiger charge is 2.25. The average Bonchev–Trinajstić information content (AvgIpc) is 2.94. The summed E-state index contributed by atoms with van der Waals surface area (Å²) < 4.78 is 0. The number of hydrogen-bond donors (Lipinski definition) is 1. The molecule has 1 amide bonds. The molecule has 1 aromatic rings. The number of likely N-dealkylation sites (tertiary alicyclic amines) is 1. The fraction of sp³-hybridized carbons (Fsp3) is 0.562. The molecule has 2 rings (SSSR count). The van der Waals surface area contributed by atoms with Crippen molar-refractivity contribution in [3.05, 3.63) is 35.4 Å². The standard InChI is InChI=1S/C16H23NO2S/c1-20-9-7-16(19)17-8-6-15(11-17)10-13-2-4-14(12-18)5-3-13/h2-5,15,18H,6-12H2,1H3/t15-/m0/s1. The zero-order chi connectivity index (χ0) is 14.4. The second-order valence-electron chi connectivity index (χ2n) is 5.42. The minimum Gasteiger partial charge on any atom is -0.392 e. The van der Waals surface area contributed by atoms with Gasteiger partial charge in [-0.3, -0.25) is 4.79 Å². The highest BCUT2D eigenvalue weighted by molar-refractivity contribution is 7.98. The molecule has 1 aromatic carbocycles. The van der Waals surface area contributed by atoms with Gasteiger partial charge in [0, 0.05) is 25.3 Å². The van der Waals surface area contributed by atoms with Gasteiger partial charge in [-0.15, -0.1) is 0 Å². The Morgan fingerprint density at radius 3 is 2.70 bits per heavy atom. The number of aliphatic hydroxyl groups excluding tert-OH is 1. The van der Waals surface area contributed by atoms with Crippen molar-refractivity contribution in [2.24, 2.45) is 5.92 Å². The van der Waals surface area contributed by atoms with Crippen LogP contribution in [-0.2, 0) is 17.8 Å². The van der Waals surface area contributed by atoms with Crippen molar-refractivity contribution in [3.8, 4) is 0 Å². The molecule has 0 bridgehead atoms. The Kier molecular flexibility index (Phi) is 5.92. The van der Waals surface area contributed by atoms with E-state index in [9.17, 15) is 4.79 Å². The third-order valence-electron chi connectivity index (χ3n) is 3.89. The van der Waals surface area contributed by atoms with Crippen molar-refractivity contribution in [2.45, 2.75) is 25.9 Å². The van der Waals surface area contributed by atoms with E-state index in [-0.39, 0.29) is 6.61 Å². The third-order valence-corrected chi connectivity index (χ3v) is 4.50. The van der Waals surface area contributed by atoms with Crippen LogP contribution in [0.25, 0.3) is 0 Å². The molecule has 0 aromatic heterocycles.